The zero-order chi connectivity index (χ0) is 17.7. The smallest absolute Gasteiger partial charge is 0.407 e. The van der Waals surface area contributed by atoms with Crippen LogP contribution in [0, 0.1) is 0 Å². The minimum Gasteiger partial charge on any atom is -0.444 e. The molecule has 1 unspecified atom stereocenters. The monoisotopic (exact) mass is 544 g/mol. The van der Waals surface area contributed by atoms with Crippen molar-refractivity contribution in [1.82, 2.24) is 15.5 Å². The molecule has 2 rings (SSSR count). The van der Waals surface area contributed by atoms with Gasteiger partial charge in [-0.2, -0.15) is 0 Å². The first-order chi connectivity index (χ1) is 11.3. The van der Waals surface area contributed by atoms with E-state index in [1.54, 1.807) is 18.4 Å². The summed E-state index contributed by atoms with van der Waals surface area (Å²) in [5, 5.41) is 8.37. The van der Waals surface area contributed by atoms with Crippen LogP contribution in [0.5, 0.6) is 0 Å². The van der Waals surface area contributed by atoms with E-state index in [1.807, 2.05) is 20.8 Å². The topological polar surface area (TPSA) is 66.0 Å². The molecule has 0 aromatic carbocycles. The van der Waals surface area contributed by atoms with Gasteiger partial charge in [-0.1, -0.05) is 0 Å². The summed E-state index contributed by atoms with van der Waals surface area (Å²) >= 11 is 5.17. The number of aliphatic imine (C=N–C) groups is 1. The van der Waals surface area contributed by atoms with Crippen molar-refractivity contribution in [3.63, 3.8) is 0 Å². The maximum Gasteiger partial charge on any atom is 0.407 e. The lowest BCUT2D eigenvalue weighted by Crippen LogP contribution is -2.44. The molecule has 1 aromatic rings. The van der Waals surface area contributed by atoms with Gasteiger partial charge in [0.2, 0.25) is 0 Å². The van der Waals surface area contributed by atoms with Crippen molar-refractivity contribution >= 4 is 63.3 Å². The molecule has 0 saturated carbocycles. The Bertz CT molecular complexity index is 603. The molecule has 1 atom stereocenters. The second-order valence-corrected chi connectivity index (χ2v) is 8.62. The van der Waals surface area contributed by atoms with Gasteiger partial charge in [0.15, 0.2) is 5.96 Å². The standard InChI is InChI=1S/C16H25BrN4O2S.HI/c1-16(2,3)23-15(22)20-12-5-6-21(9-12)14(18-4)19-8-13-7-11(17)10-24-13;/h7,10,12H,5-6,8-9H2,1-4H3,(H,18,19)(H,20,22);1H. The zero-order valence-electron chi connectivity index (χ0n) is 15.0. The number of amides is 1. The van der Waals surface area contributed by atoms with Crippen LogP contribution in [0.15, 0.2) is 20.9 Å². The third kappa shape index (κ3) is 7.69. The predicted octanol–water partition coefficient (Wildman–Crippen LogP) is 3.80. The van der Waals surface area contributed by atoms with Crippen LogP contribution >= 0.6 is 51.2 Å². The number of halogens is 2. The first kappa shape index (κ1) is 22.5. The minimum absolute atomic E-state index is 0. The van der Waals surface area contributed by atoms with Crippen molar-refractivity contribution in [2.45, 2.75) is 45.4 Å². The average molecular weight is 545 g/mol. The van der Waals surface area contributed by atoms with Crippen molar-refractivity contribution in [3.05, 3.63) is 20.8 Å². The summed E-state index contributed by atoms with van der Waals surface area (Å²) in [7, 11) is 1.78. The number of nitrogens with one attached hydrogen (secondary N) is 2. The Hall–Kier alpha value is -0.550. The number of likely N-dealkylation sites (tertiary alicyclic amines) is 1. The minimum atomic E-state index is -0.477. The average Bonchev–Trinajstić information content (AvgIpc) is 3.07. The zero-order valence-corrected chi connectivity index (χ0v) is 19.7. The van der Waals surface area contributed by atoms with E-state index < -0.39 is 5.60 Å². The van der Waals surface area contributed by atoms with E-state index in [9.17, 15) is 4.79 Å². The molecule has 0 radical (unpaired) electrons. The van der Waals surface area contributed by atoms with Crippen LogP contribution in [0.1, 0.15) is 32.1 Å². The Labute approximate surface area is 178 Å². The van der Waals surface area contributed by atoms with Crippen molar-refractivity contribution in [2.24, 2.45) is 4.99 Å². The van der Waals surface area contributed by atoms with Gasteiger partial charge in [0.25, 0.3) is 0 Å². The third-order valence-electron chi connectivity index (χ3n) is 3.46. The van der Waals surface area contributed by atoms with E-state index in [0.717, 1.165) is 36.5 Å². The van der Waals surface area contributed by atoms with Gasteiger partial charge in [-0.25, -0.2) is 4.79 Å². The summed E-state index contributed by atoms with van der Waals surface area (Å²) in [6, 6.07) is 2.18. The van der Waals surface area contributed by atoms with E-state index in [-0.39, 0.29) is 36.1 Å². The van der Waals surface area contributed by atoms with Gasteiger partial charge in [-0.3, -0.25) is 4.99 Å². The lowest BCUT2D eigenvalue weighted by atomic mass is 10.2. The molecule has 25 heavy (non-hydrogen) atoms. The summed E-state index contributed by atoms with van der Waals surface area (Å²) in [4.78, 5) is 19.6. The Morgan fingerprint density at radius 2 is 2.24 bits per heavy atom. The number of nitrogens with zero attached hydrogens (tertiary/aromatic N) is 2. The number of carbonyl (C=O) groups is 1. The fraction of sp³-hybridized carbons (Fsp3) is 0.625. The largest absolute Gasteiger partial charge is 0.444 e. The first-order valence-electron chi connectivity index (χ1n) is 7.95. The number of guanidine groups is 1. The highest BCUT2D eigenvalue weighted by Crippen LogP contribution is 2.19. The number of ether oxygens (including phenoxy) is 1. The molecule has 142 valence electrons. The molecule has 0 spiro atoms. The number of thiophene rings is 1. The van der Waals surface area contributed by atoms with Gasteiger partial charge in [0, 0.05) is 34.9 Å². The van der Waals surface area contributed by atoms with Gasteiger partial charge >= 0.3 is 6.09 Å². The molecule has 9 heteroatoms. The molecule has 1 amide bonds. The lowest BCUT2D eigenvalue weighted by Gasteiger charge is -2.23. The third-order valence-corrected chi connectivity index (χ3v) is 5.16. The highest BCUT2D eigenvalue weighted by Gasteiger charge is 2.27. The number of hydrogen-bond acceptors (Lipinski definition) is 4. The van der Waals surface area contributed by atoms with Crippen LogP contribution in [0.2, 0.25) is 0 Å². The van der Waals surface area contributed by atoms with Gasteiger partial charge in [-0.15, -0.1) is 35.3 Å². The summed E-state index contributed by atoms with van der Waals surface area (Å²) in [5.74, 6) is 0.855. The number of carbonyl (C=O) groups excluding carboxylic acids is 1. The van der Waals surface area contributed by atoms with E-state index in [1.165, 1.54) is 4.88 Å². The van der Waals surface area contributed by atoms with Crippen molar-refractivity contribution in [2.75, 3.05) is 20.1 Å². The first-order valence-corrected chi connectivity index (χ1v) is 9.62. The maximum atomic E-state index is 11.9. The highest BCUT2D eigenvalue weighted by atomic mass is 127. The molecule has 2 N–H and O–H groups in total. The molecule has 6 nitrogen and oxygen atoms in total. The van der Waals surface area contributed by atoms with Crippen LogP contribution < -0.4 is 10.6 Å². The van der Waals surface area contributed by atoms with E-state index in [2.05, 4.69) is 47.9 Å². The van der Waals surface area contributed by atoms with Crippen LogP contribution in [0.25, 0.3) is 0 Å². The van der Waals surface area contributed by atoms with Crippen LogP contribution in [-0.4, -0.2) is 48.7 Å². The molecule has 2 heterocycles. The Morgan fingerprint density at radius 1 is 1.52 bits per heavy atom. The van der Waals surface area contributed by atoms with Crippen LogP contribution in [-0.2, 0) is 11.3 Å². The Kier molecular flexibility index (Phi) is 8.96. The number of rotatable bonds is 3. The predicted molar refractivity (Wildman–Crippen MR) is 117 cm³/mol. The van der Waals surface area contributed by atoms with Crippen molar-refractivity contribution in [3.8, 4) is 0 Å². The molecule has 1 aliphatic rings. The lowest BCUT2D eigenvalue weighted by molar-refractivity contribution is 0.0507. The summed E-state index contributed by atoms with van der Waals surface area (Å²) in [6.45, 7) is 7.91. The molecular formula is C16H26BrIN4O2S. The molecule has 1 aliphatic heterocycles. The molecule has 0 bridgehead atoms. The quantitative estimate of drug-likeness (QED) is 0.345. The number of alkyl carbamates (subject to hydrolysis) is 1. The summed E-state index contributed by atoms with van der Waals surface area (Å²) in [5.41, 5.74) is -0.477. The SMILES string of the molecule is CN=C(NCc1cc(Br)cs1)N1CCC(NC(=O)OC(C)(C)C)C1.I. The van der Waals surface area contributed by atoms with Crippen LogP contribution in [0.3, 0.4) is 0 Å². The van der Waals surface area contributed by atoms with Gasteiger partial charge < -0.3 is 20.3 Å². The second kappa shape index (κ2) is 9.96. The Morgan fingerprint density at radius 3 is 2.80 bits per heavy atom. The van der Waals surface area contributed by atoms with Gasteiger partial charge in [-0.05, 0) is 49.2 Å². The van der Waals surface area contributed by atoms with E-state index in [4.69, 9.17) is 4.74 Å². The second-order valence-electron chi connectivity index (χ2n) is 6.71. The molecular weight excluding hydrogens is 519 g/mol. The fourth-order valence-electron chi connectivity index (χ4n) is 2.49. The summed E-state index contributed by atoms with van der Waals surface area (Å²) < 4.78 is 6.41. The molecule has 1 fully saturated rings. The van der Waals surface area contributed by atoms with Gasteiger partial charge in [0.1, 0.15) is 5.60 Å². The highest BCUT2D eigenvalue weighted by molar-refractivity contribution is 14.0. The van der Waals surface area contributed by atoms with Crippen LogP contribution in [0.4, 0.5) is 4.79 Å². The summed E-state index contributed by atoms with van der Waals surface area (Å²) in [6.07, 6.45) is 0.519. The Balaban J connectivity index is 0.00000312. The van der Waals surface area contributed by atoms with Crippen molar-refractivity contribution in [1.29, 1.82) is 0 Å². The molecule has 1 saturated heterocycles. The van der Waals surface area contributed by atoms with E-state index in [0.29, 0.717) is 0 Å². The number of hydrogen-bond donors (Lipinski definition) is 2. The normalized spacial score (nSPS) is 17.9. The fourth-order valence-corrected chi connectivity index (χ4v) is 3.88. The maximum absolute atomic E-state index is 11.9. The van der Waals surface area contributed by atoms with Gasteiger partial charge in [0.05, 0.1) is 12.6 Å². The molecule has 1 aromatic heterocycles. The van der Waals surface area contributed by atoms with Crippen molar-refractivity contribution < 1.29 is 9.53 Å². The van der Waals surface area contributed by atoms with E-state index >= 15 is 0 Å². The molecule has 0 aliphatic carbocycles.